The SMILES string of the molecule is Cc1ccc2c(c1OCc1ccccc1)CN(C(=O)OC(C)(C)C)[C@@H](C)CO2. The Morgan fingerprint density at radius 2 is 1.89 bits per heavy atom. The quantitative estimate of drug-likeness (QED) is 0.740. The van der Waals surface area contributed by atoms with E-state index in [4.69, 9.17) is 14.2 Å². The number of fused-ring (bicyclic) bond motifs is 1. The van der Waals surface area contributed by atoms with Crippen molar-refractivity contribution in [1.82, 2.24) is 4.90 Å². The van der Waals surface area contributed by atoms with E-state index in [9.17, 15) is 4.79 Å². The zero-order chi connectivity index (χ0) is 20.3. The maximum absolute atomic E-state index is 12.8. The number of nitrogens with zero attached hydrogens (tertiary/aromatic N) is 1. The molecule has 1 aliphatic heterocycles. The third kappa shape index (κ3) is 4.77. The van der Waals surface area contributed by atoms with Gasteiger partial charge in [-0.05, 0) is 51.8 Å². The van der Waals surface area contributed by atoms with Crippen LogP contribution < -0.4 is 9.47 Å². The molecule has 0 aromatic heterocycles. The molecule has 2 aromatic carbocycles. The van der Waals surface area contributed by atoms with Crippen molar-refractivity contribution in [2.75, 3.05) is 6.61 Å². The van der Waals surface area contributed by atoms with Crippen LogP contribution in [-0.4, -0.2) is 29.2 Å². The van der Waals surface area contributed by atoms with E-state index in [2.05, 4.69) is 0 Å². The number of aryl methyl sites for hydroxylation is 1. The first-order valence-corrected chi connectivity index (χ1v) is 9.66. The van der Waals surface area contributed by atoms with Crippen molar-refractivity contribution in [3.63, 3.8) is 0 Å². The van der Waals surface area contributed by atoms with Gasteiger partial charge in [-0.3, -0.25) is 4.90 Å². The molecule has 0 spiro atoms. The highest BCUT2D eigenvalue weighted by Gasteiger charge is 2.31. The summed E-state index contributed by atoms with van der Waals surface area (Å²) < 4.78 is 17.8. The smallest absolute Gasteiger partial charge is 0.410 e. The van der Waals surface area contributed by atoms with Gasteiger partial charge in [0, 0.05) is 0 Å². The predicted octanol–water partition coefficient (Wildman–Crippen LogP) is 5.09. The first-order valence-electron chi connectivity index (χ1n) is 9.66. The van der Waals surface area contributed by atoms with Gasteiger partial charge in [-0.1, -0.05) is 36.4 Å². The lowest BCUT2D eigenvalue weighted by atomic mass is 10.1. The van der Waals surface area contributed by atoms with Gasteiger partial charge >= 0.3 is 6.09 Å². The van der Waals surface area contributed by atoms with E-state index >= 15 is 0 Å². The Labute approximate surface area is 167 Å². The van der Waals surface area contributed by atoms with Gasteiger partial charge in [-0.2, -0.15) is 0 Å². The number of hydrogen-bond donors (Lipinski definition) is 0. The number of carbonyl (C=O) groups is 1. The Bertz CT molecular complexity index is 826. The number of amides is 1. The lowest BCUT2D eigenvalue weighted by molar-refractivity contribution is 0.0132. The molecule has 0 radical (unpaired) electrons. The molecule has 0 saturated carbocycles. The van der Waals surface area contributed by atoms with Crippen LogP contribution in [0.1, 0.15) is 44.4 Å². The first-order chi connectivity index (χ1) is 13.2. The molecule has 1 atom stereocenters. The highest BCUT2D eigenvalue weighted by Crippen LogP contribution is 2.36. The zero-order valence-electron chi connectivity index (χ0n) is 17.3. The van der Waals surface area contributed by atoms with Crippen molar-refractivity contribution in [2.45, 2.75) is 59.4 Å². The van der Waals surface area contributed by atoms with E-state index in [1.807, 2.05) is 77.1 Å². The van der Waals surface area contributed by atoms with Gasteiger partial charge in [0.1, 0.15) is 30.3 Å². The Hall–Kier alpha value is -2.69. The number of ether oxygens (including phenoxy) is 3. The van der Waals surface area contributed by atoms with E-state index in [1.54, 1.807) is 4.90 Å². The highest BCUT2D eigenvalue weighted by molar-refractivity contribution is 5.69. The van der Waals surface area contributed by atoms with Gasteiger partial charge in [-0.15, -0.1) is 0 Å². The number of hydrogen-bond acceptors (Lipinski definition) is 4. The molecule has 2 aromatic rings. The minimum absolute atomic E-state index is 0.107. The summed E-state index contributed by atoms with van der Waals surface area (Å²) in [6, 6.07) is 13.9. The molecule has 1 heterocycles. The third-order valence-electron chi connectivity index (χ3n) is 4.61. The number of carbonyl (C=O) groups excluding carboxylic acids is 1. The lowest BCUT2D eigenvalue weighted by Gasteiger charge is -2.30. The molecule has 1 aliphatic rings. The van der Waals surface area contributed by atoms with Crippen LogP contribution in [0.25, 0.3) is 0 Å². The summed E-state index contributed by atoms with van der Waals surface area (Å²) in [4.78, 5) is 14.5. The van der Waals surface area contributed by atoms with Gasteiger partial charge in [0.2, 0.25) is 0 Å². The molecule has 0 fully saturated rings. The van der Waals surface area contributed by atoms with Crippen molar-refractivity contribution in [3.05, 3.63) is 59.2 Å². The summed E-state index contributed by atoms with van der Waals surface area (Å²) >= 11 is 0. The molecule has 5 nitrogen and oxygen atoms in total. The Balaban J connectivity index is 1.88. The molecule has 0 bridgehead atoms. The van der Waals surface area contributed by atoms with Gasteiger partial charge in [-0.25, -0.2) is 4.79 Å². The van der Waals surface area contributed by atoms with Crippen LogP contribution in [0, 0.1) is 6.92 Å². The lowest BCUT2D eigenvalue weighted by Crippen LogP contribution is -2.43. The second-order valence-corrected chi connectivity index (χ2v) is 8.23. The summed E-state index contributed by atoms with van der Waals surface area (Å²) in [5.74, 6) is 1.52. The van der Waals surface area contributed by atoms with Crippen molar-refractivity contribution >= 4 is 6.09 Å². The molecule has 0 unspecified atom stereocenters. The minimum Gasteiger partial charge on any atom is -0.491 e. The topological polar surface area (TPSA) is 48.0 Å². The van der Waals surface area contributed by atoms with Gasteiger partial charge in [0.25, 0.3) is 0 Å². The molecule has 1 amide bonds. The predicted molar refractivity (Wildman–Crippen MR) is 109 cm³/mol. The van der Waals surface area contributed by atoms with E-state index in [1.165, 1.54) is 0 Å². The van der Waals surface area contributed by atoms with Crippen molar-refractivity contribution in [3.8, 4) is 11.5 Å². The number of benzene rings is 2. The van der Waals surface area contributed by atoms with E-state index in [-0.39, 0.29) is 12.1 Å². The van der Waals surface area contributed by atoms with E-state index < -0.39 is 5.60 Å². The van der Waals surface area contributed by atoms with Crippen LogP contribution in [0.2, 0.25) is 0 Å². The molecule has 0 N–H and O–H groups in total. The van der Waals surface area contributed by atoms with Crippen LogP contribution >= 0.6 is 0 Å². The Kier molecular flexibility index (Phi) is 5.82. The summed E-state index contributed by atoms with van der Waals surface area (Å²) in [6.07, 6.45) is -0.341. The second-order valence-electron chi connectivity index (χ2n) is 8.23. The van der Waals surface area contributed by atoms with Crippen molar-refractivity contribution < 1.29 is 19.0 Å². The monoisotopic (exact) mass is 383 g/mol. The standard InChI is InChI=1S/C23H29NO4/c1-16-11-12-20-19(21(16)27-15-18-9-7-6-8-10-18)13-24(17(2)14-26-20)22(25)28-23(3,4)5/h6-12,17H,13-15H2,1-5H3/t17-/m0/s1. The third-order valence-corrected chi connectivity index (χ3v) is 4.61. The molecular formula is C23H29NO4. The maximum atomic E-state index is 12.8. The number of rotatable bonds is 3. The van der Waals surface area contributed by atoms with Crippen LogP contribution in [0.15, 0.2) is 42.5 Å². The van der Waals surface area contributed by atoms with E-state index in [0.29, 0.717) is 19.8 Å². The molecule has 28 heavy (non-hydrogen) atoms. The summed E-state index contributed by atoms with van der Waals surface area (Å²) in [7, 11) is 0. The highest BCUT2D eigenvalue weighted by atomic mass is 16.6. The second kappa shape index (κ2) is 8.13. The zero-order valence-corrected chi connectivity index (χ0v) is 17.3. The largest absolute Gasteiger partial charge is 0.491 e. The average molecular weight is 383 g/mol. The molecule has 3 rings (SSSR count). The maximum Gasteiger partial charge on any atom is 0.410 e. The van der Waals surface area contributed by atoms with Gasteiger partial charge in [0.15, 0.2) is 0 Å². The van der Waals surface area contributed by atoms with Crippen LogP contribution in [0.4, 0.5) is 4.79 Å². The summed E-state index contributed by atoms with van der Waals surface area (Å²) in [5, 5.41) is 0. The fraction of sp³-hybridized carbons (Fsp3) is 0.435. The Morgan fingerprint density at radius 1 is 1.18 bits per heavy atom. The van der Waals surface area contributed by atoms with Gasteiger partial charge < -0.3 is 14.2 Å². The molecular weight excluding hydrogens is 354 g/mol. The molecule has 150 valence electrons. The fourth-order valence-electron chi connectivity index (χ4n) is 3.13. The first kappa shape index (κ1) is 20.1. The van der Waals surface area contributed by atoms with E-state index in [0.717, 1.165) is 28.2 Å². The molecule has 0 saturated heterocycles. The normalized spacial score (nSPS) is 16.6. The van der Waals surface area contributed by atoms with Crippen LogP contribution in [0.5, 0.6) is 11.5 Å². The molecule has 0 aliphatic carbocycles. The fourth-order valence-corrected chi connectivity index (χ4v) is 3.13. The van der Waals surface area contributed by atoms with Gasteiger partial charge in [0.05, 0.1) is 18.2 Å². The van der Waals surface area contributed by atoms with Crippen molar-refractivity contribution in [2.24, 2.45) is 0 Å². The van der Waals surface area contributed by atoms with Crippen LogP contribution in [-0.2, 0) is 17.9 Å². The average Bonchev–Trinajstić information content (AvgIpc) is 2.80. The summed E-state index contributed by atoms with van der Waals surface area (Å²) in [6.45, 7) is 10.8. The van der Waals surface area contributed by atoms with Crippen LogP contribution in [0.3, 0.4) is 0 Å². The minimum atomic E-state index is -0.550. The molecule has 5 heteroatoms. The van der Waals surface area contributed by atoms with Crippen molar-refractivity contribution in [1.29, 1.82) is 0 Å². The Morgan fingerprint density at radius 3 is 2.57 bits per heavy atom. The summed E-state index contributed by atoms with van der Waals surface area (Å²) in [5.41, 5.74) is 2.43.